The van der Waals surface area contributed by atoms with E-state index in [1.54, 1.807) is 14.2 Å². The SMILES string of the molecule is CNc1nc(OC(C)C)nc(-c2cccc(OC)c2)n1. The molecule has 0 fully saturated rings. The fourth-order valence-electron chi connectivity index (χ4n) is 1.62. The summed E-state index contributed by atoms with van der Waals surface area (Å²) in [5, 5.41) is 2.91. The van der Waals surface area contributed by atoms with Crippen molar-refractivity contribution in [1.29, 1.82) is 0 Å². The maximum Gasteiger partial charge on any atom is 0.322 e. The van der Waals surface area contributed by atoms with E-state index >= 15 is 0 Å². The topological polar surface area (TPSA) is 69.2 Å². The quantitative estimate of drug-likeness (QED) is 0.902. The van der Waals surface area contributed by atoms with E-state index < -0.39 is 0 Å². The number of rotatable bonds is 5. The largest absolute Gasteiger partial charge is 0.497 e. The first-order valence-corrected chi connectivity index (χ1v) is 6.37. The highest BCUT2D eigenvalue weighted by Crippen LogP contribution is 2.23. The van der Waals surface area contributed by atoms with E-state index in [0.29, 0.717) is 17.8 Å². The molecule has 1 heterocycles. The third-order valence-electron chi connectivity index (χ3n) is 2.51. The number of methoxy groups -OCH3 is 1. The van der Waals surface area contributed by atoms with E-state index in [1.807, 2.05) is 38.1 Å². The molecule has 0 saturated carbocycles. The van der Waals surface area contributed by atoms with Crippen molar-refractivity contribution < 1.29 is 9.47 Å². The molecule has 0 aliphatic carbocycles. The van der Waals surface area contributed by atoms with Gasteiger partial charge in [-0.05, 0) is 26.0 Å². The molecule has 0 bridgehead atoms. The molecule has 0 saturated heterocycles. The molecule has 2 rings (SSSR count). The molecular weight excluding hydrogens is 256 g/mol. The maximum absolute atomic E-state index is 5.54. The Labute approximate surface area is 118 Å². The Morgan fingerprint density at radius 3 is 2.60 bits per heavy atom. The van der Waals surface area contributed by atoms with Gasteiger partial charge in [0.2, 0.25) is 5.95 Å². The zero-order chi connectivity index (χ0) is 14.5. The van der Waals surface area contributed by atoms with Crippen molar-refractivity contribution in [2.24, 2.45) is 0 Å². The Morgan fingerprint density at radius 2 is 1.95 bits per heavy atom. The van der Waals surface area contributed by atoms with E-state index in [9.17, 15) is 0 Å². The molecule has 1 aromatic heterocycles. The Bertz CT molecular complexity index is 587. The van der Waals surface area contributed by atoms with E-state index in [2.05, 4.69) is 20.3 Å². The minimum atomic E-state index is 0.000246. The lowest BCUT2D eigenvalue weighted by Crippen LogP contribution is -2.11. The lowest BCUT2D eigenvalue weighted by Gasteiger charge is -2.10. The van der Waals surface area contributed by atoms with Gasteiger partial charge in [-0.15, -0.1) is 0 Å². The molecule has 6 heteroatoms. The first-order chi connectivity index (χ1) is 9.62. The summed E-state index contributed by atoms with van der Waals surface area (Å²) in [5.74, 6) is 1.76. The highest BCUT2D eigenvalue weighted by molar-refractivity contribution is 5.58. The van der Waals surface area contributed by atoms with Gasteiger partial charge in [0, 0.05) is 12.6 Å². The molecule has 0 atom stereocenters. The van der Waals surface area contributed by atoms with Crippen LogP contribution in [0.3, 0.4) is 0 Å². The van der Waals surface area contributed by atoms with Crippen LogP contribution in [0.2, 0.25) is 0 Å². The summed E-state index contributed by atoms with van der Waals surface area (Å²) in [6, 6.07) is 7.84. The molecule has 0 aliphatic heterocycles. The summed E-state index contributed by atoms with van der Waals surface area (Å²) < 4.78 is 10.8. The van der Waals surface area contributed by atoms with Gasteiger partial charge in [0.1, 0.15) is 5.75 Å². The number of nitrogens with zero attached hydrogens (tertiary/aromatic N) is 3. The van der Waals surface area contributed by atoms with Gasteiger partial charge in [-0.3, -0.25) is 0 Å². The van der Waals surface area contributed by atoms with Crippen molar-refractivity contribution in [2.75, 3.05) is 19.5 Å². The highest BCUT2D eigenvalue weighted by atomic mass is 16.5. The van der Waals surface area contributed by atoms with Crippen molar-refractivity contribution in [1.82, 2.24) is 15.0 Å². The molecule has 0 spiro atoms. The van der Waals surface area contributed by atoms with Crippen LogP contribution in [-0.2, 0) is 0 Å². The molecule has 0 radical (unpaired) electrons. The number of hydrogen-bond acceptors (Lipinski definition) is 6. The van der Waals surface area contributed by atoms with Gasteiger partial charge in [0.25, 0.3) is 0 Å². The van der Waals surface area contributed by atoms with Crippen LogP contribution in [0.4, 0.5) is 5.95 Å². The van der Waals surface area contributed by atoms with Crippen LogP contribution in [0, 0.1) is 0 Å². The van der Waals surface area contributed by atoms with Crippen LogP contribution < -0.4 is 14.8 Å². The molecule has 0 aliphatic rings. The molecule has 0 unspecified atom stereocenters. The lowest BCUT2D eigenvalue weighted by molar-refractivity contribution is 0.222. The van der Waals surface area contributed by atoms with Gasteiger partial charge in [-0.2, -0.15) is 15.0 Å². The van der Waals surface area contributed by atoms with Crippen LogP contribution in [0.1, 0.15) is 13.8 Å². The van der Waals surface area contributed by atoms with E-state index in [-0.39, 0.29) is 6.10 Å². The number of anilines is 1. The Kier molecular flexibility index (Phi) is 4.34. The van der Waals surface area contributed by atoms with E-state index in [0.717, 1.165) is 11.3 Å². The van der Waals surface area contributed by atoms with Gasteiger partial charge in [-0.25, -0.2) is 0 Å². The first-order valence-electron chi connectivity index (χ1n) is 6.37. The molecule has 6 nitrogen and oxygen atoms in total. The molecule has 20 heavy (non-hydrogen) atoms. The highest BCUT2D eigenvalue weighted by Gasteiger charge is 2.10. The minimum absolute atomic E-state index is 0.000246. The normalized spacial score (nSPS) is 10.4. The van der Waals surface area contributed by atoms with Gasteiger partial charge in [0.15, 0.2) is 5.82 Å². The molecule has 106 valence electrons. The average molecular weight is 274 g/mol. The fraction of sp³-hybridized carbons (Fsp3) is 0.357. The summed E-state index contributed by atoms with van der Waals surface area (Å²) in [7, 11) is 3.38. The Hall–Kier alpha value is -2.37. The van der Waals surface area contributed by atoms with Gasteiger partial charge >= 0.3 is 6.01 Å². The fourth-order valence-corrected chi connectivity index (χ4v) is 1.62. The second-order valence-electron chi connectivity index (χ2n) is 4.41. The molecule has 0 amide bonds. The summed E-state index contributed by atoms with van der Waals surface area (Å²) in [5.41, 5.74) is 0.844. The van der Waals surface area contributed by atoms with Crippen LogP contribution >= 0.6 is 0 Å². The molecular formula is C14H18N4O2. The first kappa shape index (κ1) is 14.0. The van der Waals surface area contributed by atoms with Crippen molar-refractivity contribution in [3.8, 4) is 23.1 Å². The van der Waals surface area contributed by atoms with E-state index in [1.165, 1.54) is 0 Å². The minimum Gasteiger partial charge on any atom is -0.497 e. The maximum atomic E-state index is 5.54. The molecule has 2 aromatic rings. The number of nitrogens with one attached hydrogen (secondary N) is 1. The summed E-state index contributed by atoms with van der Waals surface area (Å²) in [6.07, 6.45) is 0.000246. The van der Waals surface area contributed by atoms with Crippen molar-refractivity contribution in [3.05, 3.63) is 24.3 Å². The predicted octanol–water partition coefficient (Wildman–Crippen LogP) is 2.38. The van der Waals surface area contributed by atoms with Crippen LogP contribution in [0.15, 0.2) is 24.3 Å². The zero-order valence-corrected chi connectivity index (χ0v) is 12.0. The van der Waals surface area contributed by atoms with Crippen LogP contribution in [-0.4, -0.2) is 35.2 Å². The van der Waals surface area contributed by atoms with Gasteiger partial charge in [-0.1, -0.05) is 12.1 Å². The summed E-state index contributed by atoms with van der Waals surface area (Å²) in [6.45, 7) is 3.85. The second-order valence-corrected chi connectivity index (χ2v) is 4.41. The van der Waals surface area contributed by atoms with Gasteiger partial charge in [0.05, 0.1) is 13.2 Å². The van der Waals surface area contributed by atoms with Crippen molar-refractivity contribution in [3.63, 3.8) is 0 Å². The van der Waals surface area contributed by atoms with Crippen molar-refractivity contribution >= 4 is 5.95 Å². The Balaban J connectivity index is 2.43. The third-order valence-corrected chi connectivity index (χ3v) is 2.51. The molecule has 1 aromatic carbocycles. The number of benzene rings is 1. The standard InChI is InChI=1S/C14H18N4O2/c1-9(2)20-14-17-12(16-13(15-3)18-14)10-6-5-7-11(8-10)19-4/h5-9H,1-4H3,(H,15,16,17,18). The number of hydrogen-bond donors (Lipinski definition) is 1. The number of ether oxygens (including phenoxy) is 2. The summed E-state index contributed by atoms with van der Waals surface area (Å²) in [4.78, 5) is 12.8. The zero-order valence-electron chi connectivity index (χ0n) is 12.0. The van der Waals surface area contributed by atoms with Crippen LogP contribution in [0.25, 0.3) is 11.4 Å². The third kappa shape index (κ3) is 3.34. The molecule has 1 N–H and O–H groups in total. The summed E-state index contributed by atoms with van der Waals surface area (Å²) >= 11 is 0. The van der Waals surface area contributed by atoms with E-state index in [4.69, 9.17) is 9.47 Å². The smallest absolute Gasteiger partial charge is 0.322 e. The Morgan fingerprint density at radius 1 is 1.15 bits per heavy atom. The number of aromatic nitrogens is 3. The predicted molar refractivity (Wildman–Crippen MR) is 77.1 cm³/mol. The monoisotopic (exact) mass is 274 g/mol. The second kappa shape index (κ2) is 6.18. The lowest BCUT2D eigenvalue weighted by atomic mass is 10.2. The van der Waals surface area contributed by atoms with Crippen LogP contribution in [0.5, 0.6) is 11.8 Å². The van der Waals surface area contributed by atoms with Gasteiger partial charge < -0.3 is 14.8 Å². The average Bonchev–Trinajstić information content (AvgIpc) is 2.46. The van der Waals surface area contributed by atoms with Crippen molar-refractivity contribution in [2.45, 2.75) is 20.0 Å².